The molecule has 3 aromatic carbocycles. The van der Waals surface area contributed by atoms with Crippen molar-refractivity contribution in [3.63, 3.8) is 0 Å². The zero-order valence-corrected chi connectivity index (χ0v) is 23.3. The van der Waals surface area contributed by atoms with Gasteiger partial charge in [-0.25, -0.2) is 4.79 Å². The van der Waals surface area contributed by atoms with Crippen LogP contribution in [0, 0.1) is 0 Å². The summed E-state index contributed by atoms with van der Waals surface area (Å²) in [4.78, 5) is 12.1. The highest BCUT2D eigenvalue weighted by atomic mass is 79.9. The molecule has 0 aromatic heterocycles. The third-order valence-corrected chi connectivity index (χ3v) is 9.50. The van der Waals surface area contributed by atoms with Crippen molar-refractivity contribution in [2.75, 3.05) is 5.32 Å². The van der Waals surface area contributed by atoms with Crippen molar-refractivity contribution in [1.29, 1.82) is 0 Å². The highest BCUT2D eigenvalue weighted by Crippen LogP contribution is 2.42. The van der Waals surface area contributed by atoms with E-state index in [0.717, 1.165) is 5.56 Å². The number of carboxylic acid groups (broad SMARTS) is 1. The van der Waals surface area contributed by atoms with Gasteiger partial charge in [0.05, 0.1) is 10.6 Å². The molecule has 4 nitrogen and oxygen atoms in total. The van der Waals surface area contributed by atoms with Gasteiger partial charge < -0.3 is 15.2 Å². The van der Waals surface area contributed by atoms with E-state index in [2.05, 4.69) is 69.0 Å². The SMILES string of the molecule is O=C(O)c1c(Br)c(Br)c(Br)c(Br)c1C(=S)Nc1ccc(OCc2ccccc2)c(Cl)c1. The van der Waals surface area contributed by atoms with E-state index in [1.807, 2.05) is 30.3 Å². The van der Waals surface area contributed by atoms with Crippen molar-refractivity contribution in [3.8, 4) is 5.75 Å². The van der Waals surface area contributed by atoms with E-state index in [1.54, 1.807) is 18.2 Å². The van der Waals surface area contributed by atoms with E-state index in [0.29, 0.717) is 46.5 Å². The number of ether oxygens (including phenoxy) is 1. The van der Waals surface area contributed by atoms with Crippen molar-refractivity contribution >= 4 is 104 Å². The van der Waals surface area contributed by atoms with Crippen LogP contribution >= 0.6 is 87.5 Å². The zero-order valence-electron chi connectivity index (χ0n) is 15.4. The van der Waals surface area contributed by atoms with Gasteiger partial charge in [0.25, 0.3) is 0 Å². The van der Waals surface area contributed by atoms with Crippen LogP contribution in [0.2, 0.25) is 5.02 Å². The van der Waals surface area contributed by atoms with Gasteiger partial charge in [-0.3, -0.25) is 0 Å². The first-order valence-corrected chi connectivity index (χ1v) is 12.5. The molecule has 3 aromatic rings. The number of thiocarbonyl (C=S) groups is 1. The fourth-order valence-electron chi connectivity index (χ4n) is 2.67. The normalized spacial score (nSPS) is 10.6. The summed E-state index contributed by atoms with van der Waals surface area (Å²) < 4.78 is 7.86. The summed E-state index contributed by atoms with van der Waals surface area (Å²) in [5.41, 5.74) is 1.97. The van der Waals surface area contributed by atoms with E-state index in [4.69, 9.17) is 28.6 Å². The topological polar surface area (TPSA) is 58.6 Å². The summed E-state index contributed by atoms with van der Waals surface area (Å²) in [7, 11) is 0. The smallest absolute Gasteiger partial charge is 0.337 e. The number of anilines is 1. The second-order valence-corrected chi connectivity index (χ2v) is 10.2. The number of nitrogens with one attached hydrogen (secondary N) is 1. The first kappa shape index (κ1) is 24.7. The maximum atomic E-state index is 11.9. The van der Waals surface area contributed by atoms with Gasteiger partial charge in [-0.1, -0.05) is 54.2 Å². The van der Waals surface area contributed by atoms with Crippen LogP contribution < -0.4 is 10.1 Å². The molecule has 3 rings (SSSR count). The minimum atomic E-state index is -1.12. The number of aromatic carboxylic acids is 1. The average molecular weight is 713 g/mol. The minimum absolute atomic E-state index is 0.0216. The lowest BCUT2D eigenvalue weighted by Crippen LogP contribution is -2.17. The minimum Gasteiger partial charge on any atom is -0.487 e. The quantitative estimate of drug-likeness (QED) is 0.153. The molecule has 31 heavy (non-hydrogen) atoms. The summed E-state index contributed by atoms with van der Waals surface area (Å²) in [5.74, 6) is -0.592. The summed E-state index contributed by atoms with van der Waals surface area (Å²) in [6.07, 6.45) is 0. The molecule has 0 fully saturated rings. The summed E-state index contributed by atoms with van der Waals surface area (Å²) >= 11 is 25.4. The number of benzene rings is 3. The predicted octanol–water partition coefficient (Wildman–Crippen LogP) is 8.45. The molecule has 0 heterocycles. The lowest BCUT2D eigenvalue weighted by atomic mass is 10.1. The number of carbonyl (C=O) groups is 1. The van der Waals surface area contributed by atoms with E-state index < -0.39 is 5.97 Å². The monoisotopic (exact) mass is 709 g/mol. The molecule has 0 aliphatic carbocycles. The van der Waals surface area contributed by atoms with Gasteiger partial charge >= 0.3 is 5.97 Å². The standard InChI is InChI=1S/C21H12Br4ClNO3S/c22-16-14(15(21(28)29)17(23)19(25)18(16)24)20(31)27-11-6-7-13(12(26)8-11)30-9-10-4-2-1-3-5-10/h1-8H,9H2,(H,27,31)(H,28,29). The van der Waals surface area contributed by atoms with Crippen molar-refractivity contribution in [2.24, 2.45) is 0 Å². The van der Waals surface area contributed by atoms with Crippen molar-refractivity contribution in [3.05, 3.63) is 88.1 Å². The number of rotatable bonds is 6. The van der Waals surface area contributed by atoms with Crippen molar-refractivity contribution < 1.29 is 14.6 Å². The highest BCUT2D eigenvalue weighted by molar-refractivity contribution is 9.15. The van der Waals surface area contributed by atoms with Crippen LogP contribution in [-0.4, -0.2) is 16.1 Å². The van der Waals surface area contributed by atoms with Gasteiger partial charge in [0.1, 0.15) is 17.3 Å². The Balaban J connectivity index is 1.84. The van der Waals surface area contributed by atoms with Gasteiger partial charge in [0.2, 0.25) is 0 Å². The molecule has 0 unspecified atom stereocenters. The second kappa shape index (κ2) is 10.8. The third kappa shape index (κ3) is 5.69. The number of carboxylic acids is 1. The molecule has 0 radical (unpaired) electrons. The van der Waals surface area contributed by atoms with E-state index in [9.17, 15) is 9.90 Å². The van der Waals surface area contributed by atoms with Crippen molar-refractivity contribution in [1.82, 2.24) is 0 Å². The van der Waals surface area contributed by atoms with Crippen LogP contribution in [0.1, 0.15) is 21.5 Å². The van der Waals surface area contributed by atoms with E-state index in [-0.39, 0.29) is 10.6 Å². The largest absolute Gasteiger partial charge is 0.487 e. The third-order valence-electron chi connectivity index (χ3n) is 4.13. The van der Waals surface area contributed by atoms with E-state index >= 15 is 0 Å². The van der Waals surface area contributed by atoms with Crippen LogP contribution in [-0.2, 0) is 6.61 Å². The molecule has 0 bridgehead atoms. The number of hydrogen-bond donors (Lipinski definition) is 2. The molecule has 0 saturated heterocycles. The molecule has 0 spiro atoms. The fourth-order valence-corrected chi connectivity index (χ4v) is 5.84. The lowest BCUT2D eigenvalue weighted by molar-refractivity contribution is 0.0695. The Bertz CT molecular complexity index is 1180. The van der Waals surface area contributed by atoms with Gasteiger partial charge in [-0.05, 0) is 87.5 Å². The first-order valence-electron chi connectivity index (χ1n) is 8.57. The summed E-state index contributed by atoms with van der Waals surface area (Å²) in [6.45, 7) is 0.390. The van der Waals surface area contributed by atoms with Crippen LogP contribution in [0.5, 0.6) is 5.75 Å². The van der Waals surface area contributed by atoms with Crippen LogP contribution in [0.25, 0.3) is 0 Å². The molecule has 10 heteroatoms. The maximum absolute atomic E-state index is 11.9. The Morgan fingerprint density at radius 1 is 0.968 bits per heavy atom. The summed E-state index contributed by atoms with van der Waals surface area (Å²) in [5, 5.41) is 13.2. The molecule has 160 valence electrons. The molecule has 0 aliphatic heterocycles. The Labute approximate surface area is 222 Å². The van der Waals surface area contributed by atoms with Gasteiger partial charge in [0, 0.05) is 29.1 Å². The van der Waals surface area contributed by atoms with Crippen LogP contribution in [0.15, 0.2) is 66.4 Å². The Kier molecular flexibility index (Phi) is 8.57. The van der Waals surface area contributed by atoms with E-state index in [1.165, 1.54) is 0 Å². The van der Waals surface area contributed by atoms with Gasteiger partial charge in [-0.15, -0.1) is 0 Å². The number of halogens is 5. The maximum Gasteiger partial charge on any atom is 0.337 e. The van der Waals surface area contributed by atoms with Gasteiger partial charge in [0.15, 0.2) is 0 Å². The lowest BCUT2D eigenvalue weighted by Gasteiger charge is -2.17. The molecule has 0 aliphatic rings. The highest BCUT2D eigenvalue weighted by Gasteiger charge is 2.26. The Morgan fingerprint density at radius 2 is 1.58 bits per heavy atom. The van der Waals surface area contributed by atoms with Crippen LogP contribution in [0.4, 0.5) is 5.69 Å². The van der Waals surface area contributed by atoms with Gasteiger partial charge in [-0.2, -0.15) is 0 Å². The Hall–Kier alpha value is -0.970. The zero-order chi connectivity index (χ0) is 22.7. The average Bonchev–Trinajstić information content (AvgIpc) is 2.74. The van der Waals surface area contributed by atoms with Crippen LogP contribution in [0.3, 0.4) is 0 Å². The molecular formula is C21H12Br4ClNO3S. The molecule has 0 amide bonds. The Morgan fingerprint density at radius 3 is 2.16 bits per heavy atom. The molecule has 0 atom stereocenters. The van der Waals surface area contributed by atoms with Crippen molar-refractivity contribution in [2.45, 2.75) is 6.61 Å². The predicted molar refractivity (Wildman–Crippen MR) is 142 cm³/mol. The summed E-state index contributed by atoms with van der Waals surface area (Å²) in [6, 6.07) is 14.9. The molecule has 2 N–H and O–H groups in total. The fraction of sp³-hybridized carbons (Fsp3) is 0.0476. The molecule has 0 saturated carbocycles. The first-order chi connectivity index (χ1) is 14.7. The number of hydrogen-bond acceptors (Lipinski definition) is 3. The second-order valence-electron chi connectivity index (χ2n) is 6.18. The molecular weight excluding hydrogens is 701 g/mol.